The molecule has 0 atom stereocenters. The lowest BCUT2D eigenvalue weighted by Gasteiger charge is -2.13. The lowest BCUT2D eigenvalue weighted by atomic mass is 10.1. The van der Waals surface area contributed by atoms with Gasteiger partial charge in [0.25, 0.3) is 11.5 Å². The zero-order chi connectivity index (χ0) is 20.1. The van der Waals surface area contributed by atoms with Crippen LogP contribution in [0.4, 0.5) is 11.4 Å². The van der Waals surface area contributed by atoms with Gasteiger partial charge in [0.2, 0.25) is 0 Å². The van der Waals surface area contributed by atoms with E-state index in [0.717, 1.165) is 5.56 Å². The monoisotopic (exact) mass is 376 g/mol. The van der Waals surface area contributed by atoms with Crippen molar-refractivity contribution in [2.75, 3.05) is 11.1 Å². The molecule has 2 aromatic carbocycles. The molecule has 0 aliphatic carbocycles. The van der Waals surface area contributed by atoms with Gasteiger partial charge >= 0.3 is 0 Å². The molecule has 28 heavy (non-hydrogen) atoms. The Balaban J connectivity index is 1.79. The molecule has 0 saturated heterocycles. The van der Waals surface area contributed by atoms with E-state index in [9.17, 15) is 9.59 Å². The van der Waals surface area contributed by atoms with Gasteiger partial charge in [0.1, 0.15) is 18.1 Å². The molecule has 3 aromatic rings. The van der Waals surface area contributed by atoms with Crippen molar-refractivity contribution >= 4 is 23.0 Å². The number of carbonyl (C=O) groups excluding carboxylic acids is 1. The van der Waals surface area contributed by atoms with E-state index in [0.29, 0.717) is 23.6 Å². The molecular weight excluding hydrogens is 356 g/mol. The number of nitrogen functional groups attached to an aromatic ring is 1. The van der Waals surface area contributed by atoms with Crippen molar-refractivity contribution < 1.29 is 9.53 Å². The molecule has 0 spiro atoms. The number of para-hydroxylation sites is 2. The maximum Gasteiger partial charge on any atom is 0.274 e. The quantitative estimate of drug-likeness (QED) is 0.494. The summed E-state index contributed by atoms with van der Waals surface area (Å²) in [5, 5.41) is 10.7. The van der Waals surface area contributed by atoms with Crippen molar-refractivity contribution in [3.8, 4) is 5.75 Å². The SMILES string of the molecule is Cc1c[nH]c(=O)c(C(=N)C(=O)Nc2ccccc2OCc2ccccc2)c1N. The first-order valence-corrected chi connectivity index (χ1v) is 8.61. The number of rotatable bonds is 6. The standard InChI is InChI=1S/C21H20N4O3/c1-13-11-24-20(26)17(18(13)22)19(23)21(27)25-15-9-5-6-10-16(15)28-12-14-7-3-2-4-8-14/h2-11,23H,12H2,1H3,(H,25,27)(H3,22,24,26). The van der Waals surface area contributed by atoms with E-state index in [1.165, 1.54) is 6.20 Å². The van der Waals surface area contributed by atoms with Gasteiger partial charge in [-0.25, -0.2) is 0 Å². The molecule has 1 heterocycles. The van der Waals surface area contributed by atoms with Crippen molar-refractivity contribution in [3.63, 3.8) is 0 Å². The van der Waals surface area contributed by atoms with Gasteiger partial charge in [-0.15, -0.1) is 0 Å². The maximum atomic E-state index is 12.6. The fourth-order valence-electron chi connectivity index (χ4n) is 2.62. The van der Waals surface area contributed by atoms with Crippen molar-refractivity contribution in [2.24, 2.45) is 0 Å². The summed E-state index contributed by atoms with van der Waals surface area (Å²) in [6.07, 6.45) is 1.44. The second-order valence-electron chi connectivity index (χ2n) is 6.19. The number of nitrogens with two attached hydrogens (primary N) is 1. The first-order valence-electron chi connectivity index (χ1n) is 8.61. The Bertz CT molecular complexity index is 1070. The number of aromatic nitrogens is 1. The number of carbonyl (C=O) groups is 1. The number of benzene rings is 2. The van der Waals surface area contributed by atoms with Gasteiger partial charge in [0.05, 0.1) is 16.9 Å². The van der Waals surface area contributed by atoms with Crippen molar-refractivity contribution in [2.45, 2.75) is 13.5 Å². The number of aryl methyl sites for hydroxylation is 1. The molecular formula is C21H20N4O3. The number of anilines is 2. The third-order valence-corrected chi connectivity index (χ3v) is 4.19. The summed E-state index contributed by atoms with van der Waals surface area (Å²) >= 11 is 0. The highest BCUT2D eigenvalue weighted by Gasteiger charge is 2.20. The minimum atomic E-state index is -0.751. The van der Waals surface area contributed by atoms with E-state index in [1.807, 2.05) is 30.3 Å². The van der Waals surface area contributed by atoms with Crippen LogP contribution in [-0.2, 0) is 11.4 Å². The Morgan fingerprint density at radius 1 is 1.14 bits per heavy atom. The molecule has 1 amide bonds. The molecule has 0 bridgehead atoms. The van der Waals surface area contributed by atoms with Crippen molar-refractivity contribution in [3.05, 3.63) is 87.8 Å². The summed E-state index contributed by atoms with van der Waals surface area (Å²) in [5.41, 5.74) is 6.71. The summed E-state index contributed by atoms with van der Waals surface area (Å²) in [6, 6.07) is 16.5. The number of pyridine rings is 1. The molecule has 0 aliphatic heterocycles. The van der Waals surface area contributed by atoms with E-state index >= 15 is 0 Å². The van der Waals surface area contributed by atoms with E-state index in [-0.39, 0.29) is 11.3 Å². The third-order valence-electron chi connectivity index (χ3n) is 4.19. The minimum absolute atomic E-state index is 0.109. The molecule has 0 saturated carbocycles. The van der Waals surface area contributed by atoms with Gasteiger partial charge < -0.3 is 20.8 Å². The molecule has 0 unspecified atom stereocenters. The van der Waals surface area contributed by atoms with Crippen LogP contribution in [0, 0.1) is 12.3 Å². The number of hydrogen-bond donors (Lipinski definition) is 4. The topological polar surface area (TPSA) is 121 Å². The molecule has 0 aliphatic rings. The second kappa shape index (κ2) is 8.22. The lowest BCUT2D eigenvalue weighted by molar-refractivity contribution is -0.110. The summed E-state index contributed by atoms with van der Waals surface area (Å²) in [6.45, 7) is 2.02. The normalized spacial score (nSPS) is 10.3. The third kappa shape index (κ3) is 4.09. The summed E-state index contributed by atoms with van der Waals surface area (Å²) in [7, 11) is 0. The molecule has 7 heteroatoms. The second-order valence-corrected chi connectivity index (χ2v) is 6.19. The molecule has 7 nitrogen and oxygen atoms in total. The number of hydrogen-bond acceptors (Lipinski definition) is 5. The van der Waals surface area contributed by atoms with E-state index in [1.54, 1.807) is 31.2 Å². The highest BCUT2D eigenvalue weighted by atomic mass is 16.5. The van der Waals surface area contributed by atoms with Crippen LogP contribution in [0.25, 0.3) is 0 Å². The van der Waals surface area contributed by atoms with Gasteiger partial charge in [-0.05, 0) is 30.2 Å². The lowest BCUT2D eigenvalue weighted by Crippen LogP contribution is -2.30. The summed E-state index contributed by atoms with van der Waals surface area (Å²) in [4.78, 5) is 27.1. The van der Waals surface area contributed by atoms with Gasteiger partial charge in [0.15, 0.2) is 0 Å². The first kappa shape index (κ1) is 18.9. The molecule has 5 N–H and O–H groups in total. The average Bonchev–Trinajstić information content (AvgIpc) is 2.71. The fraction of sp³-hybridized carbons (Fsp3) is 0.0952. The van der Waals surface area contributed by atoms with Gasteiger partial charge in [-0.2, -0.15) is 0 Å². The minimum Gasteiger partial charge on any atom is -0.487 e. The smallest absolute Gasteiger partial charge is 0.274 e. The van der Waals surface area contributed by atoms with Crippen molar-refractivity contribution in [1.29, 1.82) is 5.41 Å². The molecule has 1 aromatic heterocycles. The highest BCUT2D eigenvalue weighted by Crippen LogP contribution is 2.25. The van der Waals surface area contributed by atoms with Crippen LogP contribution in [-0.4, -0.2) is 16.6 Å². The van der Waals surface area contributed by atoms with Crippen LogP contribution < -0.4 is 21.3 Å². The van der Waals surface area contributed by atoms with Crippen LogP contribution in [0.2, 0.25) is 0 Å². The molecule has 3 rings (SSSR count). The Hall–Kier alpha value is -3.87. The van der Waals surface area contributed by atoms with Crippen LogP contribution in [0.5, 0.6) is 5.75 Å². The van der Waals surface area contributed by atoms with Crippen LogP contribution in [0.3, 0.4) is 0 Å². The zero-order valence-corrected chi connectivity index (χ0v) is 15.3. The molecule has 142 valence electrons. The number of amides is 1. The van der Waals surface area contributed by atoms with Crippen LogP contribution >= 0.6 is 0 Å². The first-order chi connectivity index (χ1) is 13.5. The average molecular weight is 376 g/mol. The number of aromatic amines is 1. The van der Waals surface area contributed by atoms with Gasteiger partial charge in [-0.1, -0.05) is 42.5 Å². The highest BCUT2D eigenvalue weighted by molar-refractivity contribution is 6.48. The Morgan fingerprint density at radius 3 is 2.57 bits per heavy atom. The predicted octanol–water partition coefficient (Wildman–Crippen LogP) is 2.85. The number of H-pyrrole nitrogens is 1. The summed E-state index contributed by atoms with van der Waals surface area (Å²) < 4.78 is 5.80. The van der Waals surface area contributed by atoms with Crippen molar-refractivity contribution in [1.82, 2.24) is 4.98 Å². The Morgan fingerprint density at radius 2 is 1.82 bits per heavy atom. The largest absolute Gasteiger partial charge is 0.487 e. The maximum absolute atomic E-state index is 12.6. The predicted molar refractivity (Wildman–Crippen MR) is 109 cm³/mol. The fourth-order valence-corrected chi connectivity index (χ4v) is 2.62. The number of ether oxygens (including phenoxy) is 1. The van der Waals surface area contributed by atoms with Crippen LogP contribution in [0.1, 0.15) is 16.7 Å². The molecule has 0 fully saturated rings. The Kier molecular flexibility index (Phi) is 5.55. The Labute approximate surface area is 161 Å². The molecule has 0 radical (unpaired) electrons. The van der Waals surface area contributed by atoms with Crippen LogP contribution in [0.15, 0.2) is 65.6 Å². The van der Waals surface area contributed by atoms with E-state index < -0.39 is 17.2 Å². The zero-order valence-electron chi connectivity index (χ0n) is 15.3. The summed E-state index contributed by atoms with van der Waals surface area (Å²) in [5.74, 6) is -0.294. The number of nitrogens with one attached hydrogen (secondary N) is 3. The van der Waals surface area contributed by atoms with Gasteiger partial charge in [0, 0.05) is 6.20 Å². The van der Waals surface area contributed by atoms with E-state index in [4.69, 9.17) is 15.9 Å². The van der Waals surface area contributed by atoms with E-state index in [2.05, 4.69) is 10.3 Å². The van der Waals surface area contributed by atoms with Gasteiger partial charge in [-0.3, -0.25) is 15.0 Å².